The van der Waals surface area contributed by atoms with Crippen LogP contribution in [0.25, 0.3) is 0 Å². The average Bonchev–Trinajstić information content (AvgIpc) is 3.40. The summed E-state index contributed by atoms with van der Waals surface area (Å²) in [5.74, 6) is -1.36. The van der Waals surface area contributed by atoms with E-state index in [4.69, 9.17) is 61.6 Å². The Morgan fingerprint density at radius 2 is 0.507 bits per heavy atom. The molecule has 436 valence electrons. The van der Waals surface area contributed by atoms with Crippen LogP contribution in [0.3, 0.4) is 0 Å². The molecule has 0 radical (unpaired) electrons. The molecular formula is C42H70O33. The van der Waals surface area contributed by atoms with Gasteiger partial charge >= 0.3 is 0 Å². The fourth-order valence-electron chi connectivity index (χ4n) is 10.7. The monoisotopic (exact) mass is 1100 g/mol. The third kappa shape index (κ3) is 11.8. The van der Waals surface area contributed by atoms with Gasteiger partial charge in [0.1, 0.15) is 146 Å². The lowest BCUT2D eigenvalue weighted by Gasteiger charge is -2.50. The maximum Gasteiger partial charge on any atom is 0.187 e. The van der Waals surface area contributed by atoms with Crippen molar-refractivity contribution in [2.45, 2.75) is 209 Å². The van der Waals surface area contributed by atoms with Gasteiger partial charge in [0.25, 0.3) is 0 Å². The molecular weight excluding hydrogens is 1030 g/mol. The molecule has 0 aromatic carbocycles. The van der Waals surface area contributed by atoms with E-state index in [-0.39, 0.29) is 0 Å². The van der Waals surface area contributed by atoms with E-state index in [1.165, 1.54) is 0 Å². The van der Waals surface area contributed by atoms with Crippen LogP contribution in [0.15, 0.2) is 0 Å². The van der Waals surface area contributed by atoms with E-state index in [9.17, 15) is 102 Å². The summed E-state index contributed by atoms with van der Waals surface area (Å²) in [5, 5.41) is 220. The van der Waals surface area contributed by atoms with Crippen LogP contribution in [-0.2, 0) is 61.6 Å². The summed E-state index contributed by atoms with van der Waals surface area (Å²) in [7, 11) is 0. The van der Waals surface area contributed by atoms with Crippen molar-refractivity contribution in [1.29, 1.82) is 0 Å². The maximum atomic E-state index is 11.4. The van der Waals surface area contributed by atoms with E-state index in [0.29, 0.717) is 0 Å². The first-order valence-corrected chi connectivity index (χ1v) is 24.4. The Labute approximate surface area is 424 Å². The van der Waals surface area contributed by atoms with Crippen molar-refractivity contribution >= 4 is 0 Å². The first-order valence-electron chi connectivity index (χ1n) is 24.4. The number of rotatable bonds is 6. The Bertz CT molecular complexity index is 1760. The van der Waals surface area contributed by atoms with Crippen molar-refractivity contribution in [3.8, 4) is 0 Å². The van der Waals surface area contributed by atoms with Crippen LogP contribution in [0.5, 0.6) is 0 Å². The standard InChI is InChI=1S/C42H70O33/c43-2-11-9-1-10-19(50)21(52)32(12(3-44)64-10)72-40-29(60)23(54)33(13(4-45)67-40)71-37-27(58)20(51)17(8-63-37)70-38-28(59)22(53)34(14(5-46)66-38)74-41-31(62)25(56)36(16(7-48)69-41)75-42-30(61)24(55)35(15(6-47)68-42)73-39(65-11)26(57)18(9)49/h9-62H,1-8H2/t9-,10-,11?,12?,13?,14?,15?,16?,17-,18+,19?,20?,21-,22?,23-,24?,25?,26?,27+,28+,29?,30+,31+,32-,33-,34-,35-,36-,37-,38-,39+,40-,41+,42+/m1/s1. The summed E-state index contributed by atoms with van der Waals surface area (Å²) in [4.78, 5) is 0. The van der Waals surface area contributed by atoms with E-state index in [1.807, 2.05) is 0 Å². The van der Waals surface area contributed by atoms with Crippen LogP contribution in [0, 0.1) is 5.92 Å². The average molecular weight is 1100 g/mol. The first kappa shape index (κ1) is 59.8. The lowest BCUT2D eigenvalue weighted by molar-refractivity contribution is -0.392. The van der Waals surface area contributed by atoms with Crippen LogP contribution in [0.1, 0.15) is 6.42 Å². The molecule has 21 fully saturated rings. The second-order valence-corrected chi connectivity index (χ2v) is 19.7. The second-order valence-electron chi connectivity index (χ2n) is 19.7. The Morgan fingerprint density at radius 1 is 0.240 bits per heavy atom. The zero-order valence-electron chi connectivity index (χ0n) is 39.5. The highest BCUT2D eigenvalue weighted by Gasteiger charge is 2.58. The van der Waals surface area contributed by atoms with Gasteiger partial charge < -0.3 is 164 Å². The van der Waals surface area contributed by atoms with Crippen molar-refractivity contribution in [3.63, 3.8) is 0 Å². The van der Waals surface area contributed by atoms with Crippen LogP contribution < -0.4 is 0 Å². The molecule has 75 heavy (non-hydrogen) atoms. The van der Waals surface area contributed by atoms with Crippen molar-refractivity contribution in [2.75, 3.05) is 46.2 Å². The Morgan fingerprint density at radius 3 is 0.867 bits per heavy atom. The molecule has 21 aliphatic heterocycles. The predicted molar refractivity (Wildman–Crippen MR) is 226 cm³/mol. The van der Waals surface area contributed by atoms with Gasteiger partial charge in [0.15, 0.2) is 37.7 Å². The van der Waals surface area contributed by atoms with E-state index < -0.39 is 261 Å². The van der Waals surface area contributed by atoms with Gasteiger partial charge in [-0.25, -0.2) is 0 Å². The summed E-state index contributed by atoms with van der Waals surface area (Å²) >= 11 is 0. The summed E-state index contributed by atoms with van der Waals surface area (Å²) in [6, 6.07) is 0. The predicted octanol–water partition coefficient (Wildman–Crippen LogP) is -13.9. The van der Waals surface area contributed by atoms with Crippen LogP contribution in [0.4, 0.5) is 0 Å². The van der Waals surface area contributed by atoms with Gasteiger partial charge in [-0.1, -0.05) is 0 Å². The van der Waals surface area contributed by atoms with Gasteiger partial charge in [-0.15, -0.1) is 0 Å². The molecule has 21 rings (SSSR count). The van der Waals surface area contributed by atoms with Crippen molar-refractivity contribution in [1.82, 2.24) is 0 Å². The SMILES string of the molecule is OCC1O[C@@H]2O[C@@H]3CO[C@H](O[C@@H]4C(CO)O[C@H](O[C@@H]5C(CO)O[C@H](C[C@@H]6C(CO)O[C@@H](O[C@@H]7C(CO)O[C@@H](O[C@@H]8C(CO)O[C@@H](O[C@H]1C(O)[C@@H]2O)[C@@H](O)C8O)[C@@H](O)C7O)C(O)[C@H]6O)C(O)[C@H]5O)C(O)[C@H]4O)[C@@H](O)C3O. The van der Waals surface area contributed by atoms with Crippen LogP contribution in [0.2, 0.25) is 0 Å². The summed E-state index contributed by atoms with van der Waals surface area (Å²) in [6.45, 7) is -6.52. The molecule has 0 aromatic rings. The molecule has 21 saturated heterocycles. The minimum Gasteiger partial charge on any atom is -0.394 e. The number of hydrogen-bond donors (Lipinski definition) is 20. The van der Waals surface area contributed by atoms with Crippen molar-refractivity contribution in [2.24, 2.45) is 5.92 Å². The summed E-state index contributed by atoms with van der Waals surface area (Å²) in [5.41, 5.74) is 0. The molecule has 13 unspecified atom stereocenters. The van der Waals surface area contributed by atoms with E-state index >= 15 is 0 Å². The van der Waals surface area contributed by atoms with Crippen molar-refractivity contribution < 1.29 is 164 Å². The fraction of sp³-hybridized carbons (Fsp3) is 1.00. The normalized spacial score (nSPS) is 55.5. The Kier molecular flexibility index (Phi) is 20.1. The quantitative estimate of drug-likeness (QED) is 0.117. The number of hydrogen-bond acceptors (Lipinski definition) is 33. The van der Waals surface area contributed by atoms with E-state index in [2.05, 4.69) is 0 Å². The number of aliphatic hydroxyl groups excluding tert-OH is 20. The third-order valence-electron chi connectivity index (χ3n) is 15.0. The number of ether oxygens (including phenoxy) is 13. The minimum atomic E-state index is -2.17. The molecule has 0 aromatic heterocycles. The molecule has 0 amide bonds. The summed E-state index contributed by atoms with van der Waals surface area (Å²) in [6.07, 6.45) is -63.1. The van der Waals surface area contributed by atoms with Crippen LogP contribution >= 0.6 is 0 Å². The second kappa shape index (κ2) is 25.2. The highest BCUT2D eigenvalue weighted by Crippen LogP contribution is 2.39. The van der Waals surface area contributed by atoms with Gasteiger partial charge in [-0.2, -0.15) is 0 Å². The molecule has 34 atom stereocenters. The highest BCUT2D eigenvalue weighted by molar-refractivity contribution is 5.02. The minimum absolute atomic E-state index is 0.525. The molecule has 21 aliphatic rings. The molecule has 0 spiro atoms. The Hall–Kier alpha value is -1.32. The van der Waals surface area contributed by atoms with E-state index in [1.54, 1.807) is 0 Å². The largest absolute Gasteiger partial charge is 0.394 e. The molecule has 0 aliphatic carbocycles. The Balaban J connectivity index is 1.06. The maximum absolute atomic E-state index is 11.4. The lowest BCUT2D eigenvalue weighted by Crippen LogP contribution is -2.67. The van der Waals surface area contributed by atoms with E-state index in [0.717, 1.165) is 0 Å². The third-order valence-corrected chi connectivity index (χ3v) is 15.0. The van der Waals surface area contributed by atoms with Gasteiger partial charge in [-0.3, -0.25) is 0 Å². The molecule has 14 bridgehead atoms. The number of aliphatic hydroxyl groups is 20. The smallest absolute Gasteiger partial charge is 0.187 e. The highest BCUT2D eigenvalue weighted by atomic mass is 16.8. The lowest BCUT2D eigenvalue weighted by atomic mass is 9.81. The molecule has 21 heterocycles. The van der Waals surface area contributed by atoms with Gasteiger partial charge in [0.2, 0.25) is 0 Å². The topological polar surface area (TPSA) is 525 Å². The fourth-order valence-corrected chi connectivity index (χ4v) is 10.7. The van der Waals surface area contributed by atoms with Crippen molar-refractivity contribution in [3.05, 3.63) is 0 Å². The zero-order chi connectivity index (χ0) is 54.5. The molecule has 20 N–H and O–H groups in total. The van der Waals surface area contributed by atoms with Gasteiger partial charge in [0, 0.05) is 5.92 Å². The van der Waals surface area contributed by atoms with Gasteiger partial charge in [-0.05, 0) is 6.42 Å². The van der Waals surface area contributed by atoms with Gasteiger partial charge in [0.05, 0.1) is 64.6 Å². The molecule has 0 saturated carbocycles. The summed E-state index contributed by atoms with van der Waals surface area (Å²) < 4.78 is 74.2. The first-order chi connectivity index (χ1) is 35.7. The molecule has 33 heteroatoms. The zero-order valence-corrected chi connectivity index (χ0v) is 39.5. The molecule has 33 nitrogen and oxygen atoms in total. The van der Waals surface area contributed by atoms with Crippen LogP contribution in [-0.4, -0.2) is 351 Å².